The fourth-order valence-electron chi connectivity index (χ4n) is 3.86. The van der Waals surface area contributed by atoms with Crippen LogP contribution in [0.1, 0.15) is 22.9 Å². The minimum Gasteiger partial charge on any atom is -0.367 e. The predicted octanol–water partition coefficient (Wildman–Crippen LogP) is 4.15. The Balaban J connectivity index is 1.59. The molecular weight excluding hydrogens is 378 g/mol. The first-order chi connectivity index (χ1) is 14.1. The van der Waals surface area contributed by atoms with Crippen LogP contribution in [0.25, 0.3) is 0 Å². The Morgan fingerprint density at radius 2 is 1.90 bits per heavy atom. The van der Waals surface area contributed by atoms with Crippen molar-refractivity contribution in [2.75, 3.05) is 18.5 Å². The number of thiophene rings is 1. The van der Waals surface area contributed by atoms with Crippen molar-refractivity contribution >= 4 is 28.6 Å². The van der Waals surface area contributed by atoms with Gasteiger partial charge in [0.1, 0.15) is 0 Å². The quantitative estimate of drug-likeness (QED) is 0.696. The highest BCUT2D eigenvalue weighted by molar-refractivity contribution is 7.10. The number of benzodiazepines with no additional fused rings is 1. The molecule has 0 aliphatic carbocycles. The van der Waals surface area contributed by atoms with Gasteiger partial charge in [0.2, 0.25) is 5.91 Å². The zero-order valence-corrected chi connectivity index (χ0v) is 17.5. The first-order valence-corrected chi connectivity index (χ1v) is 10.8. The minimum atomic E-state index is -0.0283. The van der Waals surface area contributed by atoms with Crippen molar-refractivity contribution in [3.8, 4) is 0 Å². The second kappa shape index (κ2) is 8.62. The average Bonchev–Trinajstić information content (AvgIpc) is 3.19. The van der Waals surface area contributed by atoms with Gasteiger partial charge in [0.05, 0.1) is 24.7 Å². The van der Waals surface area contributed by atoms with E-state index in [4.69, 9.17) is 4.99 Å². The van der Waals surface area contributed by atoms with Crippen molar-refractivity contribution < 1.29 is 4.79 Å². The molecule has 1 N–H and O–H groups in total. The van der Waals surface area contributed by atoms with Gasteiger partial charge in [-0.3, -0.25) is 9.79 Å². The molecule has 0 spiro atoms. The second-order valence-corrected chi connectivity index (χ2v) is 8.40. The molecule has 3 aromatic rings. The normalized spacial score (nSPS) is 17.1. The van der Waals surface area contributed by atoms with Crippen LogP contribution in [0, 0.1) is 0 Å². The topological polar surface area (TPSA) is 44.7 Å². The van der Waals surface area contributed by atoms with Gasteiger partial charge in [0.15, 0.2) is 0 Å². The molecule has 0 saturated heterocycles. The van der Waals surface area contributed by atoms with Crippen molar-refractivity contribution in [3.63, 3.8) is 0 Å². The van der Waals surface area contributed by atoms with Gasteiger partial charge in [-0.1, -0.05) is 54.6 Å². The number of nitrogens with one attached hydrogen (secondary N) is 1. The van der Waals surface area contributed by atoms with Crippen LogP contribution in [-0.2, 0) is 11.2 Å². The average molecular weight is 404 g/mol. The molecule has 2 atom stereocenters. The SMILES string of the molecule is CC(NC(=O)Cc1cccs1)C1CN=C(c2ccccc2)c2ccccc2N1C. The van der Waals surface area contributed by atoms with Crippen LogP contribution in [0.3, 0.4) is 0 Å². The molecule has 0 bridgehead atoms. The summed E-state index contributed by atoms with van der Waals surface area (Å²) in [5.41, 5.74) is 4.38. The zero-order chi connectivity index (χ0) is 20.2. The number of aliphatic imine (C=N–C) groups is 1. The van der Waals surface area contributed by atoms with E-state index in [9.17, 15) is 4.79 Å². The third-order valence-corrected chi connectivity index (χ3v) is 6.28. The van der Waals surface area contributed by atoms with Crippen LogP contribution >= 0.6 is 11.3 Å². The van der Waals surface area contributed by atoms with Crippen LogP contribution in [0.5, 0.6) is 0 Å². The standard InChI is InChI=1S/C24H25N3OS/c1-17(26-23(28)15-19-11-8-14-29-19)22-16-25-24(18-9-4-3-5-10-18)20-12-6-7-13-21(20)27(22)2/h3-14,17,22H,15-16H2,1-2H3,(H,26,28). The number of rotatable bonds is 5. The fourth-order valence-corrected chi connectivity index (χ4v) is 4.56. The molecule has 148 valence electrons. The maximum Gasteiger partial charge on any atom is 0.225 e. The van der Waals surface area contributed by atoms with Gasteiger partial charge in [-0.2, -0.15) is 0 Å². The number of carbonyl (C=O) groups is 1. The summed E-state index contributed by atoms with van der Waals surface area (Å²) in [6.07, 6.45) is 0.424. The zero-order valence-electron chi connectivity index (χ0n) is 16.7. The van der Waals surface area contributed by atoms with Crippen molar-refractivity contribution in [3.05, 3.63) is 88.1 Å². The Morgan fingerprint density at radius 3 is 2.66 bits per heavy atom. The number of nitrogens with zero attached hydrogens (tertiary/aromatic N) is 2. The molecular formula is C24H25N3OS. The molecule has 0 fully saturated rings. The van der Waals surface area contributed by atoms with Crippen LogP contribution in [0.15, 0.2) is 77.1 Å². The van der Waals surface area contributed by atoms with E-state index in [-0.39, 0.29) is 18.0 Å². The molecule has 1 aliphatic rings. The summed E-state index contributed by atoms with van der Waals surface area (Å²) in [7, 11) is 2.09. The molecule has 1 amide bonds. The summed E-state index contributed by atoms with van der Waals surface area (Å²) in [6.45, 7) is 2.69. The number of para-hydroxylation sites is 1. The van der Waals surface area contributed by atoms with E-state index in [1.807, 2.05) is 35.7 Å². The second-order valence-electron chi connectivity index (χ2n) is 7.36. The van der Waals surface area contributed by atoms with E-state index >= 15 is 0 Å². The van der Waals surface area contributed by atoms with Crippen LogP contribution < -0.4 is 10.2 Å². The summed E-state index contributed by atoms with van der Waals surface area (Å²) in [6, 6.07) is 22.7. The van der Waals surface area contributed by atoms with Gasteiger partial charge in [0, 0.05) is 34.8 Å². The lowest BCUT2D eigenvalue weighted by Gasteiger charge is -2.33. The smallest absolute Gasteiger partial charge is 0.225 e. The Bertz CT molecular complexity index is 998. The molecule has 2 aromatic carbocycles. The summed E-state index contributed by atoms with van der Waals surface area (Å²) < 4.78 is 0. The van der Waals surface area contributed by atoms with Crippen molar-refractivity contribution in [2.24, 2.45) is 4.99 Å². The maximum absolute atomic E-state index is 12.5. The molecule has 0 saturated carbocycles. The largest absolute Gasteiger partial charge is 0.367 e. The Morgan fingerprint density at radius 1 is 1.14 bits per heavy atom. The molecule has 2 unspecified atom stereocenters. The molecule has 4 rings (SSSR count). The highest BCUT2D eigenvalue weighted by atomic mass is 32.1. The van der Waals surface area contributed by atoms with E-state index in [1.165, 1.54) is 0 Å². The number of anilines is 1. The maximum atomic E-state index is 12.5. The Labute approximate surface area is 175 Å². The number of likely N-dealkylation sites (N-methyl/N-ethyl adjacent to an activating group) is 1. The van der Waals surface area contributed by atoms with E-state index < -0.39 is 0 Å². The van der Waals surface area contributed by atoms with E-state index in [0.717, 1.165) is 27.4 Å². The number of carbonyl (C=O) groups excluding carboxylic acids is 1. The van der Waals surface area contributed by atoms with Gasteiger partial charge < -0.3 is 10.2 Å². The van der Waals surface area contributed by atoms with Crippen LogP contribution in [-0.4, -0.2) is 37.3 Å². The van der Waals surface area contributed by atoms with Crippen molar-refractivity contribution in [1.82, 2.24) is 5.32 Å². The number of amides is 1. The van der Waals surface area contributed by atoms with Gasteiger partial charge in [0.25, 0.3) is 0 Å². The molecule has 4 nitrogen and oxygen atoms in total. The van der Waals surface area contributed by atoms with Gasteiger partial charge in [-0.05, 0) is 24.4 Å². The number of fused-ring (bicyclic) bond motifs is 1. The first-order valence-electron chi connectivity index (χ1n) is 9.87. The summed E-state index contributed by atoms with van der Waals surface area (Å²) in [4.78, 5) is 20.9. The summed E-state index contributed by atoms with van der Waals surface area (Å²) in [5, 5.41) is 5.19. The third-order valence-electron chi connectivity index (χ3n) is 5.40. The summed E-state index contributed by atoms with van der Waals surface area (Å²) in [5.74, 6) is 0.0538. The van der Waals surface area contributed by atoms with E-state index in [2.05, 4.69) is 60.6 Å². The van der Waals surface area contributed by atoms with Crippen molar-refractivity contribution in [1.29, 1.82) is 0 Å². The first kappa shape index (κ1) is 19.4. The van der Waals surface area contributed by atoms with Crippen LogP contribution in [0.4, 0.5) is 5.69 Å². The van der Waals surface area contributed by atoms with E-state index in [1.54, 1.807) is 11.3 Å². The molecule has 2 heterocycles. The number of hydrogen-bond donors (Lipinski definition) is 1. The fraction of sp³-hybridized carbons (Fsp3) is 0.250. The van der Waals surface area contributed by atoms with Gasteiger partial charge >= 0.3 is 0 Å². The highest BCUT2D eigenvalue weighted by Gasteiger charge is 2.28. The van der Waals surface area contributed by atoms with Crippen molar-refractivity contribution in [2.45, 2.75) is 25.4 Å². The van der Waals surface area contributed by atoms with Gasteiger partial charge in [-0.25, -0.2) is 0 Å². The lowest BCUT2D eigenvalue weighted by molar-refractivity contribution is -0.121. The van der Waals surface area contributed by atoms with E-state index in [0.29, 0.717) is 13.0 Å². The minimum absolute atomic E-state index is 0.0283. The Hall–Kier alpha value is -2.92. The molecule has 0 radical (unpaired) electrons. The molecule has 5 heteroatoms. The highest BCUT2D eigenvalue weighted by Crippen LogP contribution is 2.28. The van der Waals surface area contributed by atoms with Gasteiger partial charge in [-0.15, -0.1) is 11.3 Å². The summed E-state index contributed by atoms with van der Waals surface area (Å²) >= 11 is 1.61. The third kappa shape index (κ3) is 4.25. The molecule has 1 aromatic heterocycles. The number of benzene rings is 2. The lowest BCUT2D eigenvalue weighted by Crippen LogP contribution is -2.51. The Kier molecular flexibility index (Phi) is 5.76. The predicted molar refractivity (Wildman–Crippen MR) is 121 cm³/mol. The monoisotopic (exact) mass is 403 g/mol. The molecule has 29 heavy (non-hydrogen) atoms. The van der Waals surface area contributed by atoms with Crippen LogP contribution in [0.2, 0.25) is 0 Å². The number of hydrogen-bond acceptors (Lipinski definition) is 4. The molecule has 1 aliphatic heterocycles. The lowest BCUT2D eigenvalue weighted by atomic mass is 10.00.